The molecular formula is C15H16F3N3. The number of benzene rings is 1. The lowest BCUT2D eigenvalue weighted by Crippen LogP contribution is -2.36. The molecule has 0 atom stereocenters. The van der Waals surface area contributed by atoms with Gasteiger partial charge in [-0.15, -0.1) is 0 Å². The fourth-order valence-corrected chi connectivity index (χ4v) is 2.59. The van der Waals surface area contributed by atoms with Crippen LogP contribution in [0, 0.1) is 6.92 Å². The summed E-state index contributed by atoms with van der Waals surface area (Å²) in [7, 11) is 0. The Kier molecular flexibility index (Phi) is 3.19. The van der Waals surface area contributed by atoms with Crippen LogP contribution in [-0.4, -0.2) is 23.7 Å². The van der Waals surface area contributed by atoms with E-state index in [2.05, 4.69) is 4.98 Å². The van der Waals surface area contributed by atoms with Crippen LogP contribution >= 0.6 is 0 Å². The van der Waals surface area contributed by atoms with Crippen molar-refractivity contribution in [2.24, 2.45) is 0 Å². The minimum absolute atomic E-state index is 0.0353. The molecule has 0 amide bonds. The fraction of sp³-hybridized carbons (Fsp3) is 0.400. The first kappa shape index (κ1) is 14.0. The van der Waals surface area contributed by atoms with Crippen LogP contribution in [0.5, 0.6) is 0 Å². The topological polar surface area (TPSA) is 42.1 Å². The molecule has 21 heavy (non-hydrogen) atoms. The molecule has 0 spiro atoms. The summed E-state index contributed by atoms with van der Waals surface area (Å²) in [5, 5.41) is 1.43. The van der Waals surface area contributed by atoms with E-state index in [1.807, 2.05) is 6.92 Å². The first-order valence-corrected chi connectivity index (χ1v) is 6.83. The third kappa shape index (κ3) is 2.89. The summed E-state index contributed by atoms with van der Waals surface area (Å²) in [4.78, 5) is 5.63. The van der Waals surface area contributed by atoms with Crippen molar-refractivity contribution in [3.63, 3.8) is 0 Å². The Morgan fingerprint density at radius 2 is 2.00 bits per heavy atom. The molecule has 2 aromatic rings. The number of aryl methyl sites for hydroxylation is 1. The van der Waals surface area contributed by atoms with Gasteiger partial charge in [-0.1, -0.05) is 0 Å². The summed E-state index contributed by atoms with van der Waals surface area (Å²) >= 11 is 0. The van der Waals surface area contributed by atoms with E-state index in [0.717, 1.165) is 23.9 Å². The van der Waals surface area contributed by atoms with Crippen LogP contribution in [0.2, 0.25) is 0 Å². The molecule has 2 N–H and O–H groups in total. The first-order chi connectivity index (χ1) is 9.85. The number of alkyl halides is 3. The minimum atomic E-state index is -4.22. The van der Waals surface area contributed by atoms with E-state index in [-0.39, 0.29) is 6.04 Å². The number of pyridine rings is 1. The Hall–Kier alpha value is -1.98. The molecule has 1 fully saturated rings. The van der Waals surface area contributed by atoms with Gasteiger partial charge in [-0.3, -0.25) is 4.98 Å². The number of aromatic nitrogens is 1. The van der Waals surface area contributed by atoms with E-state index in [1.165, 1.54) is 4.90 Å². The van der Waals surface area contributed by atoms with Crippen LogP contribution in [0.4, 0.5) is 24.5 Å². The van der Waals surface area contributed by atoms with Crippen LogP contribution < -0.4 is 10.6 Å². The van der Waals surface area contributed by atoms with Gasteiger partial charge in [-0.25, -0.2) is 0 Å². The van der Waals surface area contributed by atoms with E-state index in [9.17, 15) is 13.2 Å². The van der Waals surface area contributed by atoms with Gasteiger partial charge in [0, 0.05) is 40.1 Å². The Labute approximate surface area is 120 Å². The standard InChI is InChI=1S/C15H16F3N3/c1-9-6-11-12(7-20-9)13(19)4-5-14(11)21(10-2-3-10)8-15(16,17)18/h4-7,10H,2-3,8,19H2,1H3. The number of halogens is 3. The maximum absolute atomic E-state index is 12.9. The lowest BCUT2D eigenvalue weighted by atomic mass is 10.1. The zero-order valence-electron chi connectivity index (χ0n) is 11.6. The fourth-order valence-electron chi connectivity index (χ4n) is 2.59. The number of nitrogens with two attached hydrogens (primary N) is 1. The predicted molar refractivity (Wildman–Crippen MR) is 77.3 cm³/mol. The van der Waals surface area contributed by atoms with Crippen molar-refractivity contribution in [1.82, 2.24) is 4.98 Å². The molecule has 3 nitrogen and oxygen atoms in total. The molecule has 1 heterocycles. The molecular weight excluding hydrogens is 279 g/mol. The smallest absolute Gasteiger partial charge is 0.398 e. The average molecular weight is 295 g/mol. The first-order valence-electron chi connectivity index (χ1n) is 6.83. The number of anilines is 2. The Bertz CT molecular complexity index is 678. The Balaban J connectivity index is 2.13. The van der Waals surface area contributed by atoms with Gasteiger partial charge in [-0.2, -0.15) is 13.2 Å². The number of fused-ring (bicyclic) bond motifs is 1. The molecule has 1 aliphatic rings. The van der Waals surface area contributed by atoms with Gasteiger partial charge in [0.25, 0.3) is 0 Å². The van der Waals surface area contributed by atoms with E-state index >= 15 is 0 Å². The molecule has 1 aromatic heterocycles. The van der Waals surface area contributed by atoms with Crippen molar-refractivity contribution in [3.8, 4) is 0 Å². The van der Waals surface area contributed by atoms with Crippen molar-refractivity contribution in [2.75, 3.05) is 17.2 Å². The molecule has 0 aliphatic heterocycles. The molecule has 112 valence electrons. The minimum Gasteiger partial charge on any atom is -0.398 e. The Morgan fingerprint density at radius 1 is 1.29 bits per heavy atom. The van der Waals surface area contributed by atoms with Gasteiger partial charge in [0.1, 0.15) is 6.54 Å². The van der Waals surface area contributed by atoms with Crippen LogP contribution in [0.15, 0.2) is 24.4 Å². The summed E-state index contributed by atoms with van der Waals surface area (Å²) in [5.41, 5.74) is 7.79. The van der Waals surface area contributed by atoms with E-state index in [4.69, 9.17) is 5.73 Å². The maximum Gasteiger partial charge on any atom is 0.405 e. The van der Waals surface area contributed by atoms with E-state index < -0.39 is 12.7 Å². The zero-order valence-corrected chi connectivity index (χ0v) is 11.6. The second-order valence-corrected chi connectivity index (χ2v) is 5.52. The summed E-state index contributed by atoms with van der Waals surface area (Å²) in [6.07, 6.45) is -1.00. The van der Waals surface area contributed by atoms with Crippen molar-refractivity contribution in [2.45, 2.75) is 32.0 Å². The Morgan fingerprint density at radius 3 is 2.62 bits per heavy atom. The lowest BCUT2D eigenvalue weighted by molar-refractivity contribution is -0.119. The second kappa shape index (κ2) is 4.79. The molecule has 1 aliphatic carbocycles. The highest BCUT2D eigenvalue weighted by atomic mass is 19.4. The number of rotatable bonds is 3. The van der Waals surface area contributed by atoms with Crippen LogP contribution in [0.3, 0.4) is 0 Å². The molecule has 0 saturated heterocycles. The van der Waals surface area contributed by atoms with Gasteiger partial charge in [0.2, 0.25) is 0 Å². The van der Waals surface area contributed by atoms with Crippen molar-refractivity contribution in [3.05, 3.63) is 30.1 Å². The largest absolute Gasteiger partial charge is 0.405 e. The number of nitrogen functional groups attached to an aromatic ring is 1. The maximum atomic E-state index is 12.9. The summed E-state index contributed by atoms with van der Waals surface area (Å²) in [6, 6.07) is 5.10. The highest BCUT2D eigenvalue weighted by Crippen LogP contribution is 2.39. The third-order valence-electron chi connectivity index (χ3n) is 3.70. The number of hydrogen-bond donors (Lipinski definition) is 1. The summed E-state index contributed by atoms with van der Waals surface area (Å²) in [6.45, 7) is 0.885. The molecule has 0 radical (unpaired) electrons. The third-order valence-corrected chi connectivity index (χ3v) is 3.70. The normalized spacial score (nSPS) is 15.4. The van der Waals surface area contributed by atoms with Crippen LogP contribution in [-0.2, 0) is 0 Å². The van der Waals surface area contributed by atoms with Crippen molar-refractivity contribution in [1.29, 1.82) is 0 Å². The molecule has 3 rings (SSSR count). The monoisotopic (exact) mass is 295 g/mol. The zero-order chi connectivity index (χ0) is 15.2. The molecule has 0 bridgehead atoms. The number of nitrogens with zero attached hydrogens (tertiary/aromatic N) is 2. The van der Waals surface area contributed by atoms with Crippen molar-refractivity contribution >= 4 is 22.1 Å². The van der Waals surface area contributed by atoms with Crippen LogP contribution in [0.1, 0.15) is 18.5 Å². The van der Waals surface area contributed by atoms with Gasteiger partial charge in [-0.05, 0) is 38.0 Å². The van der Waals surface area contributed by atoms with Gasteiger partial charge in [0.05, 0.1) is 0 Å². The number of hydrogen-bond acceptors (Lipinski definition) is 3. The summed E-state index contributed by atoms with van der Waals surface area (Å²) in [5.74, 6) is 0. The van der Waals surface area contributed by atoms with Gasteiger partial charge < -0.3 is 10.6 Å². The molecule has 1 aromatic carbocycles. The van der Waals surface area contributed by atoms with E-state index in [0.29, 0.717) is 16.8 Å². The average Bonchev–Trinajstić information content (AvgIpc) is 3.20. The van der Waals surface area contributed by atoms with Gasteiger partial charge >= 0.3 is 6.18 Å². The SMILES string of the molecule is Cc1cc2c(N(CC(F)(F)F)C3CC3)ccc(N)c2cn1. The van der Waals surface area contributed by atoms with Crippen molar-refractivity contribution < 1.29 is 13.2 Å². The second-order valence-electron chi connectivity index (χ2n) is 5.52. The molecule has 6 heteroatoms. The van der Waals surface area contributed by atoms with Crippen LogP contribution in [0.25, 0.3) is 10.8 Å². The van der Waals surface area contributed by atoms with E-state index in [1.54, 1.807) is 24.4 Å². The quantitative estimate of drug-likeness (QED) is 0.879. The summed E-state index contributed by atoms with van der Waals surface area (Å²) < 4.78 is 38.6. The predicted octanol–water partition coefficient (Wildman–Crippen LogP) is 3.66. The highest BCUT2D eigenvalue weighted by Gasteiger charge is 2.38. The lowest BCUT2D eigenvalue weighted by Gasteiger charge is -2.27. The molecule has 1 saturated carbocycles. The molecule has 0 unspecified atom stereocenters. The van der Waals surface area contributed by atoms with Gasteiger partial charge in [0.15, 0.2) is 0 Å². The highest BCUT2D eigenvalue weighted by molar-refractivity contribution is 6.01.